The van der Waals surface area contributed by atoms with E-state index >= 15 is 0 Å². The van der Waals surface area contributed by atoms with Gasteiger partial charge in [-0.3, -0.25) is 9.89 Å². The van der Waals surface area contributed by atoms with Crippen LogP contribution in [0, 0.1) is 0 Å². The third-order valence-corrected chi connectivity index (χ3v) is 4.85. The van der Waals surface area contributed by atoms with Crippen LogP contribution in [-0.2, 0) is 6.54 Å². The van der Waals surface area contributed by atoms with Crippen molar-refractivity contribution in [3.8, 4) is 0 Å². The zero-order valence-corrected chi connectivity index (χ0v) is 17.4. The Morgan fingerprint density at radius 2 is 2.11 bits per heavy atom. The summed E-state index contributed by atoms with van der Waals surface area (Å²) in [6.07, 6.45) is 3.18. The van der Waals surface area contributed by atoms with Gasteiger partial charge in [-0.05, 0) is 13.0 Å². The monoisotopic (exact) mass is 425 g/mol. The molecule has 10 heteroatoms. The molecule has 0 spiro atoms. The lowest BCUT2D eigenvalue weighted by Gasteiger charge is -2.36. The standard InChI is InChI=1S/C18H25Cl2N7O/c1-2-21-18(23-5-4-22-17-16(20)11-14(19)12-24-17)27-8-6-26(7-9-27)13-15-3-10-28-25-15/h3,10-12H,2,4-9,13H2,1H3,(H,21,23)(H,22,24). The number of nitrogens with one attached hydrogen (secondary N) is 2. The topological polar surface area (TPSA) is 81.8 Å². The number of piperazine rings is 1. The van der Waals surface area contributed by atoms with Crippen molar-refractivity contribution in [1.29, 1.82) is 0 Å². The van der Waals surface area contributed by atoms with E-state index in [1.807, 2.05) is 6.07 Å². The number of halogens is 2. The Balaban J connectivity index is 1.47. The molecule has 0 radical (unpaired) electrons. The molecular weight excluding hydrogens is 401 g/mol. The number of aliphatic imine (C=N–C) groups is 1. The largest absolute Gasteiger partial charge is 0.367 e. The molecule has 152 valence electrons. The second-order valence-electron chi connectivity index (χ2n) is 6.40. The van der Waals surface area contributed by atoms with Gasteiger partial charge >= 0.3 is 0 Å². The van der Waals surface area contributed by atoms with Crippen LogP contribution in [-0.4, -0.2) is 71.7 Å². The predicted molar refractivity (Wildman–Crippen MR) is 112 cm³/mol. The van der Waals surface area contributed by atoms with E-state index < -0.39 is 0 Å². The molecule has 2 aromatic heterocycles. The van der Waals surface area contributed by atoms with Crippen molar-refractivity contribution >= 4 is 35.0 Å². The summed E-state index contributed by atoms with van der Waals surface area (Å²) in [7, 11) is 0. The second kappa shape index (κ2) is 10.5. The van der Waals surface area contributed by atoms with Crippen molar-refractivity contribution in [2.45, 2.75) is 13.5 Å². The molecule has 0 atom stereocenters. The Morgan fingerprint density at radius 3 is 2.79 bits per heavy atom. The molecule has 1 aliphatic rings. The first kappa shape index (κ1) is 20.7. The zero-order chi connectivity index (χ0) is 19.8. The lowest BCUT2D eigenvalue weighted by atomic mass is 10.3. The molecule has 0 amide bonds. The first-order chi connectivity index (χ1) is 13.7. The summed E-state index contributed by atoms with van der Waals surface area (Å²) >= 11 is 12.0. The minimum absolute atomic E-state index is 0.506. The van der Waals surface area contributed by atoms with Crippen molar-refractivity contribution in [2.24, 2.45) is 4.99 Å². The summed E-state index contributed by atoms with van der Waals surface area (Å²) in [4.78, 5) is 13.6. The van der Waals surface area contributed by atoms with E-state index in [2.05, 4.69) is 37.5 Å². The van der Waals surface area contributed by atoms with Crippen LogP contribution in [0.2, 0.25) is 10.0 Å². The van der Waals surface area contributed by atoms with Crippen LogP contribution in [0.25, 0.3) is 0 Å². The van der Waals surface area contributed by atoms with Gasteiger partial charge in [0.2, 0.25) is 0 Å². The van der Waals surface area contributed by atoms with Crippen LogP contribution in [0.4, 0.5) is 5.82 Å². The molecule has 0 unspecified atom stereocenters. The number of rotatable bonds is 7. The van der Waals surface area contributed by atoms with Crippen molar-refractivity contribution in [3.05, 3.63) is 40.3 Å². The van der Waals surface area contributed by atoms with Gasteiger partial charge in [-0.1, -0.05) is 28.4 Å². The third kappa shape index (κ3) is 5.98. The number of hydrogen-bond donors (Lipinski definition) is 2. The van der Waals surface area contributed by atoms with E-state index in [1.54, 1.807) is 18.5 Å². The van der Waals surface area contributed by atoms with Crippen molar-refractivity contribution in [3.63, 3.8) is 0 Å². The number of hydrogen-bond acceptors (Lipinski definition) is 6. The highest BCUT2D eigenvalue weighted by Gasteiger charge is 2.20. The molecule has 3 rings (SSSR count). The molecule has 2 N–H and O–H groups in total. The van der Waals surface area contributed by atoms with Crippen molar-refractivity contribution in [1.82, 2.24) is 25.3 Å². The van der Waals surface area contributed by atoms with Crippen LogP contribution in [0.1, 0.15) is 12.6 Å². The summed E-state index contributed by atoms with van der Waals surface area (Å²) in [6.45, 7) is 8.72. The normalized spacial score (nSPS) is 15.7. The number of aromatic nitrogens is 2. The Morgan fingerprint density at radius 1 is 1.29 bits per heavy atom. The maximum atomic E-state index is 6.13. The van der Waals surface area contributed by atoms with Gasteiger partial charge in [-0.2, -0.15) is 0 Å². The minimum Gasteiger partial charge on any atom is -0.367 e. The number of pyridine rings is 1. The Bertz CT molecular complexity index is 761. The molecule has 0 aromatic carbocycles. The van der Waals surface area contributed by atoms with Gasteiger partial charge in [0.25, 0.3) is 0 Å². The predicted octanol–water partition coefficient (Wildman–Crippen LogP) is 2.57. The Labute approximate surface area is 174 Å². The summed E-state index contributed by atoms with van der Waals surface area (Å²) < 4.78 is 4.91. The summed E-state index contributed by atoms with van der Waals surface area (Å²) in [5, 5.41) is 11.6. The average molecular weight is 426 g/mol. The smallest absolute Gasteiger partial charge is 0.194 e. The molecule has 1 saturated heterocycles. The van der Waals surface area contributed by atoms with Crippen LogP contribution in [0.3, 0.4) is 0 Å². The molecule has 1 aliphatic heterocycles. The molecule has 0 aliphatic carbocycles. The van der Waals surface area contributed by atoms with Gasteiger partial charge in [-0.15, -0.1) is 0 Å². The Hall–Kier alpha value is -2.03. The SMILES string of the molecule is CCNC(=NCCNc1ncc(Cl)cc1Cl)N1CCN(Cc2ccon2)CC1. The molecule has 2 aromatic rings. The lowest BCUT2D eigenvalue weighted by molar-refractivity contribution is 0.169. The molecular formula is C18H25Cl2N7O. The van der Waals surface area contributed by atoms with Gasteiger partial charge in [-0.25, -0.2) is 4.98 Å². The van der Waals surface area contributed by atoms with Crippen molar-refractivity contribution < 1.29 is 4.52 Å². The van der Waals surface area contributed by atoms with Crippen LogP contribution < -0.4 is 10.6 Å². The zero-order valence-electron chi connectivity index (χ0n) is 15.9. The Kier molecular flexibility index (Phi) is 7.76. The maximum absolute atomic E-state index is 6.13. The van der Waals surface area contributed by atoms with Crippen molar-refractivity contribution in [2.75, 3.05) is 51.1 Å². The van der Waals surface area contributed by atoms with E-state index in [1.165, 1.54) is 0 Å². The second-order valence-corrected chi connectivity index (χ2v) is 7.24. The van der Waals surface area contributed by atoms with E-state index in [0.717, 1.165) is 50.9 Å². The molecule has 3 heterocycles. The van der Waals surface area contributed by atoms with Crippen LogP contribution in [0.5, 0.6) is 0 Å². The average Bonchev–Trinajstić information content (AvgIpc) is 3.19. The van der Waals surface area contributed by atoms with Gasteiger partial charge in [0.05, 0.1) is 22.3 Å². The fourth-order valence-electron chi connectivity index (χ4n) is 2.97. The summed E-state index contributed by atoms with van der Waals surface area (Å²) in [5.74, 6) is 1.55. The lowest BCUT2D eigenvalue weighted by Crippen LogP contribution is -2.52. The fraction of sp³-hybridized carbons (Fsp3) is 0.500. The van der Waals surface area contributed by atoms with E-state index in [0.29, 0.717) is 29.0 Å². The van der Waals surface area contributed by atoms with E-state index in [9.17, 15) is 0 Å². The summed E-state index contributed by atoms with van der Waals surface area (Å²) in [6, 6.07) is 3.58. The highest BCUT2D eigenvalue weighted by Crippen LogP contribution is 2.22. The first-order valence-electron chi connectivity index (χ1n) is 9.35. The fourth-order valence-corrected chi connectivity index (χ4v) is 3.42. The quantitative estimate of drug-likeness (QED) is 0.400. The van der Waals surface area contributed by atoms with Gasteiger partial charge in [0.15, 0.2) is 5.96 Å². The number of nitrogens with zero attached hydrogens (tertiary/aromatic N) is 5. The molecule has 0 saturated carbocycles. The molecule has 8 nitrogen and oxygen atoms in total. The van der Waals surface area contributed by atoms with Gasteiger partial charge in [0.1, 0.15) is 12.1 Å². The molecule has 0 bridgehead atoms. The third-order valence-electron chi connectivity index (χ3n) is 4.36. The minimum atomic E-state index is 0.506. The highest BCUT2D eigenvalue weighted by molar-refractivity contribution is 6.35. The maximum Gasteiger partial charge on any atom is 0.194 e. The summed E-state index contributed by atoms with van der Waals surface area (Å²) in [5.41, 5.74) is 0.967. The number of guanidine groups is 1. The first-order valence-corrected chi connectivity index (χ1v) is 10.1. The van der Waals surface area contributed by atoms with E-state index in [4.69, 9.17) is 32.7 Å². The van der Waals surface area contributed by atoms with Gasteiger partial charge in [0, 0.05) is 58.1 Å². The molecule has 1 fully saturated rings. The van der Waals surface area contributed by atoms with Gasteiger partial charge < -0.3 is 20.1 Å². The number of anilines is 1. The van der Waals surface area contributed by atoms with Crippen LogP contribution >= 0.6 is 23.2 Å². The van der Waals surface area contributed by atoms with E-state index in [-0.39, 0.29) is 0 Å². The molecule has 28 heavy (non-hydrogen) atoms. The highest BCUT2D eigenvalue weighted by atomic mass is 35.5. The van der Waals surface area contributed by atoms with Crippen LogP contribution in [0.15, 0.2) is 34.1 Å².